The molecule has 1 aliphatic heterocycles. The molecule has 2 aromatic carbocycles. The second-order valence-electron chi connectivity index (χ2n) is 7.02. The molecule has 134 valence electrons. The summed E-state index contributed by atoms with van der Waals surface area (Å²) in [6, 6.07) is 12.5. The number of nitrogens with zero attached hydrogens (tertiary/aromatic N) is 1. The molecule has 0 bridgehead atoms. The second-order valence-corrected chi connectivity index (χ2v) is 7.37. The molecule has 0 spiro atoms. The van der Waals surface area contributed by atoms with Crippen molar-refractivity contribution in [3.8, 4) is 11.5 Å². The highest BCUT2D eigenvalue weighted by molar-refractivity contribution is 6.30. The smallest absolute Gasteiger partial charge is 0.231 e. The predicted octanol–water partition coefficient (Wildman–Crippen LogP) is 3.45. The highest BCUT2D eigenvalue weighted by atomic mass is 35.5. The van der Waals surface area contributed by atoms with Gasteiger partial charge in [0.1, 0.15) is 18.2 Å². The molecule has 1 atom stereocenters. The number of halogens is 1. The van der Waals surface area contributed by atoms with Crippen molar-refractivity contribution >= 4 is 22.5 Å². The van der Waals surface area contributed by atoms with Gasteiger partial charge in [-0.2, -0.15) is 0 Å². The molecule has 26 heavy (non-hydrogen) atoms. The number of quaternary nitrogens is 1. The minimum Gasteiger partial charge on any atom is -0.454 e. The molecule has 1 unspecified atom stereocenters. The summed E-state index contributed by atoms with van der Waals surface area (Å²) in [6.07, 6.45) is 0. The van der Waals surface area contributed by atoms with Gasteiger partial charge < -0.3 is 14.4 Å². The lowest BCUT2D eigenvalue weighted by atomic mass is 10.0. The van der Waals surface area contributed by atoms with Gasteiger partial charge in [-0.1, -0.05) is 23.7 Å². The highest BCUT2D eigenvalue weighted by Crippen LogP contribution is 2.32. The van der Waals surface area contributed by atoms with Crippen molar-refractivity contribution in [2.75, 3.05) is 13.8 Å². The van der Waals surface area contributed by atoms with Crippen LogP contribution in [0.2, 0.25) is 5.15 Å². The Labute approximate surface area is 158 Å². The maximum absolute atomic E-state index is 6.49. The molecule has 0 fully saturated rings. The van der Waals surface area contributed by atoms with Gasteiger partial charge in [0.05, 0.1) is 12.6 Å². The summed E-state index contributed by atoms with van der Waals surface area (Å²) in [5.74, 6) is 1.64. The summed E-state index contributed by atoms with van der Waals surface area (Å²) in [4.78, 5) is 5.99. The summed E-state index contributed by atoms with van der Waals surface area (Å²) in [5, 5.41) is 1.74. The van der Waals surface area contributed by atoms with Gasteiger partial charge >= 0.3 is 0 Å². The maximum atomic E-state index is 6.49. The van der Waals surface area contributed by atoms with Crippen molar-refractivity contribution in [3.63, 3.8) is 0 Å². The molecule has 0 saturated heterocycles. The molecule has 0 amide bonds. The zero-order chi connectivity index (χ0) is 18.3. The fraction of sp³-hybridized carbons (Fsp3) is 0.286. The van der Waals surface area contributed by atoms with Crippen LogP contribution in [0.4, 0.5) is 0 Å². The number of nitrogens with one attached hydrogen (secondary N) is 1. The topological polar surface area (TPSA) is 35.8 Å². The number of rotatable bonds is 4. The number of fused-ring (bicyclic) bond motifs is 2. The Kier molecular flexibility index (Phi) is 4.47. The summed E-state index contributed by atoms with van der Waals surface area (Å²) >= 11 is 6.49. The Bertz CT molecular complexity index is 987. The van der Waals surface area contributed by atoms with E-state index in [1.165, 1.54) is 21.6 Å². The van der Waals surface area contributed by atoms with Crippen LogP contribution in [0.25, 0.3) is 10.9 Å². The number of hydrogen-bond acceptors (Lipinski definition) is 3. The molecule has 0 saturated carbocycles. The Balaban J connectivity index is 1.54. The van der Waals surface area contributed by atoms with Crippen LogP contribution in [0.3, 0.4) is 0 Å². The van der Waals surface area contributed by atoms with Gasteiger partial charge in [0.2, 0.25) is 6.79 Å². The van der Waals surface area contributed by atoms with E-state index in [9.17, 15) is 0 Å². The SMILES string of the molecule is Cc1ccc2cc(C[NH+](C)Cc3ccc4c(c3)OCO4)c(Cl)nc2c1C. The van der Waals surface area contributed by atoms with Crippen molar-refractivity contribution in [2.24, 2.45) is 0 Å². The van der Waals surface area contributed by atoms with Crippen molar-refractivity contribution in [2.45, 2.75) is 26.9 Å². The molecule has 0 aliphatic carbocycles. The summed E-state index contributed by atoms with van der Waals surface area (Å²) in [5.41, 5.74) is 5.70. The van der Waals surface area contributed by atoms with Crippen LogP contribution >= 0.6 is 11.6 Å². The van der Waals surface area contributed by atoms with Crippen molar-refractivity contribution in [3.05, 3.63) is 63.8 Å². The fourth-order valence-electron chi connectivity index (χ4n) is 3.42. The Morgan fingerprint density at radius 2 is 1.85 bits per heavy atom. The molecule has 4 rings (SSSR count). The predicted molar refractivity (Wildman–Crippen MR) is 103 cm³/mol. The molecule has 4 nitrogen and oxygen atoms in total. The average molecular weight is 370 g/mol. The van der Waals surface area contributed by atoms with Crippen LogP contribution in [0.15, 0.2) is 36.4 Å². The number of pyridine rings is 1. The Morgan fingerprint density at radius 1 is 1.04 bits per heavy atom. The first kappa shape index (κ1) is 17.1. The van der Waals surface area contributed by atoms with Crippen LogP contribution in [-0.2, 0) is 13.1 Å². The maximum Gasteiger partial charge on any atom is 0.231 e. The van der Waals surface area contributed by atoms with Crippen LogP contribution < -0.4 is 14.4 Å². The third-order valence-corrected chi connectivity index (χ3v) is 5.30. The van der Waals surface area contributed by atoms with E-state index in [4.69, 9.17) is 21.1 Å². The molecule has 2 heterocycles. The van der Waals surface area contributed by atoms with E-state index in [0.29, 0.717) is 11.9 Å². The highest BCUT2D eigenvalue weighted by Gasteiger charge is 2.16. The van der Waals surface area contributed by atoms with Gasteiger partial charge in [-0.25, -0.2) is 4.98 Å². The molecule has 1 aromatic heterocycles. The molecular weight excluding hydrogens is 348 g/mol. The standard InChI is InChI=1S/C21H21ClN2O2/c1-13-4-6-16-9-17(21(22)23-20(16)14(13)2)11-24(3)10-15-5-7-18-19(8-15)26-12-25-18/h4-9H,10-12H2,1-3H3/p+1. The third-order valence-electron chi connectivity index (χ3n) is 4.97. The average Bonchev–Trinajstić information content (AvgIpc) is 3.07. The van der Waals surface area contributed by atoms with E-state index in [1.807, 2.05) is 6.07 Å². The number of aryl methyl sites for hydroxylation is 2. The van der Waals surface area contributed by atoms with Gasteiger partial charge in [-0.05, 0) is 49.2 Å². The van der Waals surface area contributed by atoms with Gasteiger partial charge in [-0.3, -0.25) is 0 Å². The van der Waals surface area contributed by atoms with E-state index in [0.717, 1.165) is 41.1 Å². The van der Waals surface area contributed by atoms with Crippen LogP contribution in [0.1, 0.15) is 22.3 Å². The first-order valence-corrected chi connectivity index (χ1v) is 9.14. The lowest BCUT2D eigenvalue weighted by molar-refractivity contribution is -0.907. The molecule has 5 heteroatoms. The normalized spacial score (nSPS) is 14.0. The van der Waals surface area contributed by atoms with Crippen molar-refractivity contribution in [1.29, 1.82) is 0 Å². The third kappa shape index (κ3) is 3.22. The minimum absolute atomic E-state index is 0.304. The largest absolute Gasteiger partial charge is 0.454 e. The lowest BCUT2D eigenvalue weighted by Gasteiger charge is -2.16. The lowest BCUT2D eigenvalue weighted by Crippen LogP contribution is -3.06. The summed E-state index contributed by atoms with van der Waals surface area (Å²) < 4.78 is 10.8. The van der Waals surface area contributed by atoms with Gasteiger partial charge in [-0.15, -0.1) is 0 Å². The van der Waals surface area contributed by atoms with Crippen molar-refractivity contribution < 1.29 is 14.4 Å². The number of hydrogen-bond donors (Lipinski definition) is 1. The van der Waals surface area contributed by atoms with Crippen LogP contribution in [-0.4, -0.2) is 18.8 Å². The molecule has 3 aromatic rings. The minimum atomic E-state index is 0.304. The molecular formula is C21H22ClN2O2+. The van der Waals surface area contributed by atoms with E-state index in [2.05, 4.69) is 56.2 Å². The second kappa shape index (κ2) is 6.78. The van der Waals surface area contributed by atoms with E-state index in [1.54, 1.807) is 0 Å². The first-order chi connectivity index (χ1) is 12.5. The van der Waals surface area contributed by atoms with Gasteiger partial charge in [0.25, 0.3) is 0 Å². The number of aromatic nitrogens is 1. The fourth-order valence-corrected chi connectivity index (χ4v) is 3.62. The van der Waals surface area contributed by atoms with E-state index < -0.39 is 0 Å². The zero-order valence-electron chi connectivity index (χ0n) is 15.2. The molecule has 0 radical (unpaired) electrons. The van der Waals surface area contributed by atoms with Gasteiger partial charge in [0.15, 0.2) is 11.5 Å². The van der Waals surface area contributed by atoms with Crippen LogP contribution in [0.5, 0.6) is 11.5 Å². The van der Waals surface area contributed by atoms with E-state index in [-0.39, 0.29) is 0 Å². The Hall–Kier alpha value is -2.30. The van der Waals surface area contributed by atoms with Gasteiger partial charge in [0, 0.05) is 16.5 Å². The van der Waals surface area contributed by atoms with Crippen LogP contribution in [0, 0.1) is 13.8 Å². The van der Waals surface area contributed by atoms with E-state index >= 15 is 0 Å². The number of ether oxygens (including phenoxy) is 2. The summed E-state index contributed by atoms with van der Waals surface area (Å²) in [6.45, 7) is 6.18. The zero-order valence-corrected chi connectivity index (χ0v) is 16.0. The quantitative estimate of drug-likeness (QED) is 0.715. The molecule has 1 aliphatic rings. The Morgan fingerprint density at radius 3 is 2.69 bits per heavy atom. The monoisotopic (exact) mass is 369 g/mol. The summed E-state index contributed by atoms with van der Waals surface area (Å²) in [7, 11) is 2.16. The number of benzene rings is 2. The first-order valence-electron chi connectivity index (χ1n) is 8.76. The van der Waals surface area contributed by atoms with Crippen molar-refractivity contribution in [1.82, 2.24) is 4.98 Å². The molecule has 1 N–H and O–H groups in total.